The summed E-state index contributed by atoms with van der Waals surface area (Å²) in [6, 6.07) is 1.67. The van der Waals surface area contributed by atoms with E-state index in [4.69, 9.17) is 11.6 Å². The summed E-state index contributed by atoms with van der Waals surface area (Å²) in [5.41, 5.74) is 2.13. The highest BCUT2D eigenvalue weighted by Gasteiger charge is 2.11. The number of hydrogen-bond acceptors (Lipinski definition) is 4. The van der Waals surface area contributed by atoms with Gasteiger partial charge in [-0.25, -0.2) is 4.98 Å². The van der Waals surface area contributed by atoms with Crippen LogP contribution in [0.25, 0.3) is 0 Å². The van der Waals surface area contributed by atoms with E-state index in [1.54, 1.807) is 6.07 Å². The third-order valence-corrected chi connectivity index (χ3v) is 3.58. The lowest BCUT2D eigenvalue weighted by Gasteiger charge is -2.05. The van der Waals surface area contributed by atoms with E-state index in [-0.39, 0.29) is 5.91 Å². The summed E-state index contributed by atoms with van der Waals surface area (Å²) in [7, 11) is 0. The number of halogens is 1. The second-order valence-electron chi connectivity index (χ2n) is 3.87. The number of nitrogens with one attached hydrogen (secondary N) is 1. The first-order valence-electron chi connectivity index (χ1n) is 5.37. The first-order chi connectivity index (χ1) is 8.56. The standard InChI is InChI=1S/C12H12ClN3OS/c1-7-3-10(13)9(4-14-7)12(17)15-5-11-16-8(2)6-18-11/h3-4,6H,5H2,1-2H3,(H,15,17). The molecule has 2 rings (SSSR count). The molecule has 0 radical (unpaired) electrons. The quantitative estimate of drug-likeness (QED) is 0.941. The fourth-order valence-electron chi connectivity index (χ4n) is 1.43. The van der Waals surface area contributed by atoms with Crippen LogP contribution in [0.4, 0.5) is 0 Å². The topological polar surface area (TPSA) is 54.9 Å². The minimum atomic E-state index is -0.236. The normalized spacial score (nSPS) is 10.4. The zero-order valence-electron chi connectivity index (χ0n) is 10.0. The van der Waals surface area contributed by atoms with Gasteiger partial charge in [0.2, 0.25) is 0 Å². The molecule has 0 aliphatic heterocycles. The van der Waals surface area contributed by atoms with Crippen molar-refractivity contribution >= 4 is 28.8 Å². The second-order valence-corrected chi connectivity index (χ2v) is 5.22. The van der Waals surface area contributed by atoms with Gasteiger partial charge in [-0.2, -0.15) is 0 Å². The lowest BCUT2D eigenvalue weighted by molar-refractivity contribution is 0.0950. The fraction of sp³-hybridized carbons (Fsp3) is 0.250. The van der Waals surface area contributed by atoms with Crippen LogP contribution >= 0.6 is 22.9 Å². The molecular weight excluding hydrogens is 270 g/mol. The number of pyridine rings is 1. The minimum absolute atomic E-state index is 0.236. The van der Waals surface area contributed by atoms with E-state index < -0.39 is 0 Å². The Labute approximate surface area is 114 Å². The average Bonchev–Trinajstić information content (AvgIpc) is 2.72. The maximum atomic E-state index is 11.9. The van der Waals surface area contributed by atoms with E-state index in [0.29, 0.717) is 17.1 Å². The highest BCUT2D eigenvalue weighted by molar-refractivity contribution is 7.09. The van der Waals surface area contributed by atoms with Crippen molar-refractivity contribution in [2.45, 2.75) is 20.4 Å². The molecule has 0 unspecified atom stereocenters. The van der Waals surface area contributed by atoms with Crippen molar-refractivity contribution in [3.8, 4) is 0 Å². The van der Waals surface area contributed by atoms with Crippen molar-refractivity contribution < 1.29 is 4.79 Å². The molecule has 0 saturated heterocycles. The van der Waals surface area contributed by atoms with E-state index in [0.717, 1.165) is 16.4 Å². The van der Waals surface area contributed by atoms with Gasteiger partial charge < -0.3 is 5.32 Å². The molecule has 0 saturated carbocycles. The molecule has 0 aromatic carbocycles. The van der Waals surface area contributed by atoms with Crippen LogP contribution < -0.4 is 5.32 Å². The number of carbonyl (C=O) groups excluding carboxylic acids is 1. The van der Waals surface area contributed by atoms with Crippen LogP contribution in [0.3, 0.4) is 0 Å². The van der Waals surface area contributed by atoms with Crippen molar-refractivity contribution in [3.63, 3.8) is 0 Å². The van der Waals surface area contributed by atoms with Crippen molar-refractivity contribution in [1.29, 1.82) is 0 Å². The van der Waals surface area contributed by atoms with Crippen molar-refractivity contribution in [2.75, 3.05) is 0 Å². The maximum Gasteiger partial charge on any atom is 0.254 e. The maximum absolute atomic E-state index is 11.9. The Balaban J connectivity index is 2.03. The van der Waals surface area contributed by atoms with Crippen LogP contribution in [0.15, 0.2) is 17.6 Å². The first kappa shape index (κ1) is 13.0. The molecule has 1 amide bonds. The molecule has 2 heterocycles. The number of aromatic nitrogens is 2. The lowest BCUT2D eigenvalue weighted by atomic mass is 10.2. The number of thiazole rings is 1. The van der Waals surface area contributed by atoms with Gasteiger partial charge in [-0.15, -0.1) is 11.3 Å². The lowest BCUT2D eigenvalue weighted by Crippen LogP contribution is -2.23. The summed E-state index contributed by atoms with van der Waals surface area (Å²) in [4.78, 5) is 20.2. The van der Waals surface area contributed by atoms with Gasteiger partial charge in [-0.05, 0) is 19.9 Å². The third-order valence-electron chi connectivity index (χ3n) is 2.30. The SMILES string of the molecule is Cc1cc(Cl)c(C(=O)NCc2nc(C)cs2)cn1. The molecule has 0 aliphatic rings. The third kappa shape index (κ3) is 3.05. The number of carbonyl (C=O) groups is 1. The largest absolute Gasteiger partial charge is 0.345 e. The van der Waals surface area contributed by atoms with Crippen LogP contribution in [0, 0.1) is 13.8 Å². The smallest absolute Gasteiger partial charge is 0.254 e. The monoisotopic (exact) mass is 281 g/mol. The summed E-state index contributed by atoms with van der Waals surface area (Å²) in [6.07, 6.45) is 1.49. The molecule has 18 heavy (non-hydrogen) atoms. The second kappa shape index (κ2) is 5.46. The Hall–Kier alpha value is -1.46. The van der Waals surface area contributed by atoms with E-state index in [9.17, 15) is 4.79 Å². The molecule has 4 nitrogen and oxygen atoms in total. The molecule has 0 bridgehead atoms. The Kier molecular flexibility index (Phi) is 3.93. The van der Waals surface area contributed by atoms with Crippen molar-refractivity contribution in [3.05, 3.63) is 44.6 Å². The van der Waals surface area contributed by atoms with E-state index in [1.807, 2.05) is 19.2 Å². The first-order valence-corrected chi connectivity index (χ1v) is 6.63. The Bertz CT molecular complexity index is 582. The van der Waals surface area contributed by atoms with Gasteiger partial charge in [0.05, 0.1) is 17.1 Å². The van der Waals surface area contributed by atoms with Crippen LogP contribution in [0.2, 0.25) is 5.02 Å². The molecule has 2 aromatic rings. The zero-order chi connectivity index (χ0) is 13.1. The molecular formula is C12H12ClN3OS. The summed E-state index contributed by atoms with van der Waals surface area (Å²) >= 11 is 7.52. The van der Waals surface area contributed by atoms with Gasteiger partial charge in [0.1, 0.15) is 5.01 Å². The zero-order valence-corrected chi connectivity index (χ0v) is 11.6. The van der Waals surface area contributed by atoms with E-state index >= 15 is 0 Å². The van der Waals surface area contributed by atoms with Crippen LogP contribution in [-0.2, 0) is 6.54 Å². The van der Waals surface area contributed by atoms with Gasteiger partial charge in [0.15, 0.2) is 0 Å². The Morgan fingerprint density at radius 1 is 1.44 bits per heavy atom. The molecule has 0 atom stereocenters. The van der Waals surface area contributed by atoms with Gasteiger partial charge in [-0.3, -0.25) is 9.78 Å². The van der Waals surface area contributed by atoms with Crippen LogP contribution in [0.1, 0.15) is 26.8 Å². The number of amides is 1. The summed E-state index contributed by atoms with van der Waals surface area (Å²) in [5.74, 6) is -0.236. The molecule has 2 aromatic heterocycles. The molecule has 94 valence electrons. The summed E-state index contributed by atoms with van der Waals surface area (Å²) in [5, 5.41) is 6.00. The number of aryl methyl sites for hydroxylation is 2. The van der Waals surface area contributed by atoms with Gasteiger partial charge >= 0.3 is 0 Å². The predicted octanol–water partition coefficient (Wildman–Crippen LogP) is 2.74. The molecule has 0 fully saturated rings. The van der Waals surface area contributed by atoms with Gasteiger partial charge in [0.25, 0.3) is 5.91 Å². The highest BCUT2D eigenvalue weighted by Crippen LogP contribution is 2.16. The Morgan fingerprint density at radius 3 is 2.83 bits per heavy atom. The van der Waals surface area contributed by atoms with Crippen LogP contribution in [-0.4, -0.2) is 15.9 Å². The molecule has 0 aliphatic carbocycles. The van der Waals surface area contributed by atoms with Gasteiger partial charge in [0, 0.05) is 23.0 Å². The molecule has 1 N–H and O–H groups in total. The Morgan fingerprint density at radius 2 is 2.22 bits per heavy atom. The molecule has 6 heteroatoms. The predicted molar refractivity (Wildman–Crippen MR) is 72.0 cm³/mol. The number of nitrogens with zero attached hydrogens (tertiary/aromatic N) is 2. The molecule has 0 spiro atoms. The van der Waals surface area contributed by atoms with Crippen molar-refractivity contribution in [2.24, 2.45) is 0 Å². The van der Waals surface area contributed by atoms with Crippen LogP contribution in [0.5, 0.6) is 0 Å². The van der Waals surface area contributed by atoms with E-state index in [1.165, 1.54) is 17.5 Å². The number of hydrogen-bond donors (Lipinski definition) is 1. The van der Waals surface area contributed by atoms with Crippen molar-refractivity contribution in [1.82, 2.24) is 15.3 Å². The fourth-order valence-corrected chi connectivity index (χ4v) is 2.43. The van der Waals surface area contributed by atoms with E-state index in [2.05, 4.69) is 15.3 Å². The minimum Gasteiger partial charge on any atom is -0.345 e. The summed E-state index contributed by atoms with van der Waals surface area (Å²) in [6.45, 7) is 4.15. The highest BCUT2D eigenvalue weighted by atomic mass is 35.5. The summed E-state index contributed by atoms with van der Waals surface area (Å²) < 4.78 is 0. The number of rotatable bonds is 3. The average molecular weight is 282 g/mol. The van der Waals surface area contributed by atoms with Gasteiger partial charge in [-0.1, -0.05) is 11.6 Å².